The maximum atomic E-state index is 14.4. The third-order valence-electron chi connectivity index (χ3n) is 13.4. The van der Waals surface area contributed by atoms with Crippen LogP contribution in [0.15, 0.2) is 87.7 Å². The van der Waals surface area contributed by atoms with E-state index < -0.39 is 53.5 Å². The summed E-state index contributed by atoms with van der Waals surface area (Å²) in [7, 11) is 0. The van der Waals surface area contributed by atoms with Crippen LogP contribution in [0.3, 0.4) is 0 Å². The van der Waals surface area contributed by atoms with Crippen LogP contribution in [-0.4, -0.2) is 96.5 Å². The van der Waals surface area contributed by atoms with E-state index in [9.17, 15) is 24.3 Å². The van der Waals surface area contributed by atoms with Crippen LogP contribution in [-0.2, 0) is 14.4 Å². The Morgan fingerprint density at radius 2 is 1.67 bits per heavy atom. The summed E-state index contributed by atoms with van der Waals surface area (Å²) in [5.41, 5.74) is 8.02. The van der Waals surface area contributed by atoms with Gasteiger partial charge < -0.3 is 35.1 Å². The van der Waals surface area contributed by atoms with Crippen molar-refractivity contribution >= 4 is 74.6 Å². The van der Waals surface area contributed by atoms with Gasteiger partial charge in [0.1, 0.15) is 46.4 Å². The summed E-state index contributed by atoms with van der Waals surface area (Å²) in [6.45, 7) is 17.3. The normalized spacial score (nSPS) is 17.8. The molecule has 3 aromatic carbocycles. The molecule has 0 saturated carbocycles. The van der Waals surface area contributed by atoms with Crippen LogP contribution in [0.4, 0.5) is 0 Å². The Morgan fingerprint density at radius 3 is 2.37 bits per heavy atom. The van der Waals surface area contributed by atoms with Crippen molar-refractivity contribution in [2.75, 3.05) is 13.1 Å². The zero-order chi connectivity index (χ0) is 52.0. The SMILES string of the molecule is Cc1ncsc1-c1ccc([C@H](C)NC(=O)[C@@H]2C[C@@H](O)CN2C(=O)C(NC(=O)c2cc3cc(O[C@@H](C)CNC(=O)C[C@@H]4N=C(c5ccc(Cl)cc5)c5c(sc(C)c5C)-n5c(C)nnc54)ccc3o2)C(C)(C)C)cc1. The van der Waals surface area contributed by atoms with E-state index in [0.29, 0.717) is 33.4 Å². The van der Waals surface area contributed by atoms with Crippen LogP contribution in [0.2, 0.25) is 5.02 Å². The number of nitrogens with zero attached hydrogens (tertiary/aromatic N) is 6. The summed E-state index contributed by atoms with van der Waals surface area (Å²) in [6.07, 6.45) is -1.31. The van der Waals surface area contributed by atoms with E-state index in [1.54, 1.807) is 46.9 Å². The van der Waals surface area contributed by atoms with Gasteiger partial charge >= 0.3 is 0 Å². The molecular weight excluding hydrogens is 986 g/mol. The molecule has 1 fully saturated rings. The molecule has 19 heteroatoms. The number of aromatic nitrogens is 4. The smallest absolute Gasteiger partial charge is 0.287 e. The van der Waals surface area contributed by atoms with E-state index in [1.807, 2.05) is 107 Å². The number of carbonyl (C=O) groups is 4. The van der Waals surface area contributed by atoms with Crippen LogP contribution < -0.4 is 20.7 Å². The first kappa shape index (κ1) is 51.2. The molecular formula is C54H58ClN9O7S2. The molecule has 0 aliphatic carbocycles. The first-order valence-electron chi connectivity index (χ1n) is 24.2. The van der Waals surface area contributed by atoms with Crippen LogP contribution in [0.25, 0.3) is 26.4 Å². The number of likely N-dealkylation sites (tertiary alicyclic amines) is 1. The van der Waals surface area contributed by atoms with E-state index in [0.717, 1.165) is 54.0 Å². The standard InChI is InChI=1S/C54H58ClN9O7S2/c1-27(24-56-44(66)23-40-49-62-61-32(6)64(49)53-45(28(2)31(5)73-53)46(59-40)34-14-16-37(55)17-15-34)70-39-18-19-42-36(20-39)21-43(71-42)51(68)60-48(54(7,8)9)52(69)63-25-38(65)22-41(63)50(67)58-29(3)33-10-12-35(13-11-33)47-30(4)57-26-72-47/h10-21,26-27,29,38,40-41,48,65H,22-25H2,1-9H3,(H,56,66)(H,58,67)(H,60,68)/t27-,29-,38+,40-,41-,48?/m0/s1. The number of aliphatic imine (C=N–C) groups is 1. The molecule has 0 radical (unpaired) electrons. The lowest BCUT2D eigenvalue weighted by Gasteiger charge is -2.35. The second-order valence-electron chi connectivity index (χ2n) is 19.9. The third-order valence-corrected chi connectivity index (χ3v) is 15.8. The molecule has 4 aromatic heterocycles. The van der Waals surface area contributed by atoms with Gasteiger partial charge in [-0.2, -0.15) is 0 Å². The number of thiazole rings is 1. The number of nitrogens with one attached hydrogen (secondary N) is 3. The fourth-order valence-corrected chi connectivity index (χ4v) is 11.5. The molecule has 0 spiro atoms. The Labute approximate surface area is 436 Å². The highest BCUT2D eigenvalue weighted by molar-refractivity contribution is 7.15. The molecule has 0 bridgehead atoms. The molecule has 4 N–H and O–H groups in total. The zero-order valence-electron chi connectivity index (χ0n) is 42.1. The predicted octanol–water partition coefficient (Wildman–Crippen LogP) is 8.94. The van der Waals surface area contributed by atoms with Crippen molar-refractivity contribution in [3.8, 4) is 21.2 Å². The number of aliphatic hydroxyl groups is 1. The third kappa shape index (κ3) is 10.7. The Bertz CT molecular complexity index is 3260. The molecule has 2 aliphatic rings. The monoisotopic (exact) mass is 1040 g/mol. The average Bonchev–Trinajstić information content (AvgIpc) is 4.19. The largest absolute Gasteiger partial charge is 0.489 e. The number of hydrogen-bond donors (Lipinski definition) is 4. The molecule has 7 aromatic rings. The van der Waals surface area contributed by atoms with Gasteiger partial charge in [-0.05, 0) is 100 Å². The van der Waals surface area contributed by atoms with Crippen LogP contribution >= 0.6 is 34.3 Å². The number of amides is 4. The molecule has 6 heterocycles. The van der Waals surface area contributed by atoms with Gasteiger partial charge in [-0.15, -0.1) is 32.9 Å². The van der Waals surface area contributed by atoms with Crippen molar-refractivity contribution in [2.45, 2.75) is 112 Å². The number of benzene rings is 3. The fourth-order valence-electron chi connectivity index (χ4n) is 9.34. The Balaban J connectivity index is 0.828. The van der Waals surface area contributed by atoms with Gasteiger partial charge in [0, 0.05) is 39.4 Å². The summed E-state index contributed by atoms with van der Waals surface area (Å²) in [5.74, 6) is -0.0168. The quantitative estimate of drug-likeness (QED) is 0.0814. The van der Waals surface area contributed by atoms with Crippen molar-refractivity contribution in [2.24, 2.45) is 10.4 Å². The predicted molar refractivity (Wildman–Crippen MR) is 283 cm³/mol. The van der Waals surface area contributed by atoms with Crippen molar-refractivity contribution in [1.29, 1.82) is 0 Å². The van der Waals surface area contributed by atoms with Gasteiger partial charge in [-0.3, -0.25) is 28.7 Å². The average molecular weight is 1040 g/mol. The minimum Gasteiger partial charge on any atom is -0.489 e. The molecule has 380 valence electrons. The minimum absolute atomic E-state index is 0.0163. The van der Waals surface area contributed by atoms with E-state index in [-0.39, 0.29) is 43.6 Å². The van der Waals surface area contributed by atoms with E-state index in [2.05, 4.69) is 45.0 Å². The number of furan rings is 1. The molecule has 6 atom stereocenters. The highest BCUT2D eigenvalue weighted by Crippen LogP contribution is 2.40. The second kappa shape index (κ2) is 20.6. The number of aliphatic hydroxyl groups excluding tert-OH is 1. The number of aryl methyl sites for hydroxylation is 3. The molecule has 4 amide bonds. The summed E-state index contributed by atoms with van der Waals surface area (Å²) in [6, 6.07) is 19.1. The number of carbonyl (C=O) groups excluding carboxylic acids is 4. The lowest BCUT2D eigenvalue weighted by atomic mass is 9.85. The highest BCUT2D eigenvalue weighted by Gasteiger charge is 2.45. The summed E-state index contributed by atoms with van der Waals surface area (Å²) in [4.78, 5) is 68.9. The van der Waals surface area contributed by atoms with Crippen LogP contribution in [0.1, 0.15) is 115 Å². The number of fused-ring (bicyclic) bond motifs is 4. The number of hydrogen-bond acceptors (Lipinski definition) is 13. The Kier molecular flexibility index (Phi) is 14.5. The van der Waals surface area contributed by atoms with Gasteiger partial charge in [0.2, 0.25) is 17.7 Å². The van der Waals surface area contributed by atoms with Crippen molar-refractivity contribution in [3.63, 3.8) is 0 Å². The second-order valence-corrected chi connectivity index (χ2v) is 22.4. The van der Waals surface area contributed by atoms with E-state index >= 15 is 0 Å². The van der Waals surface area contributed by atoms with E-state index in [1.165, 1.54) is 4.90 Å². The molecule has 73 heavy (non-hydrogen) atoms. The first-order valence-corrected chi connectivity index (χ1v) is 26.2. The summed E-state index contributed by atoms with van der Waals surface area (Å²) >= 11 is 9.48. The van der Waals surface area contributed by atoms with Crippen molar-refractivity contribution < 1.29 is 33.4 Å². The fraction of sp³-hybridized carbons (Fsp3) is 0.370. The number of β-amino-alcohol motifs (C(OH)–C–C–N with tert-alkyl or cyclic N) is 1. The summed E-state index contributed by atoms with van der Waals surface area (Å²) < 4.78 is 14.2. The number of rotatable bonds is 14. The molecule has 1 saturated heterocycles. The topological polar surface area (TPSA) is 206 Å². The van der Waals surface area contributed by atoms with Gasteiger partial charge in [-0.1, -0.05) is 68.8 Å². The molecule has 9 rings (SSSR count). The maximum Gasteiger partial charge on any atom is 0.287 e. The Hall–Kier alpha value is -6.73. The number of ether oxygens (including phenoxy) is 1. The lowest BCUT2D eigenvalue weighted by molar-refractivity contribution is -0.142. The van der Waals surface area contributed by atoms with Gasteiger partial charge in [0.25, 0.3) is 5.91 Å². The van der Waals surface area contributed by atoms with Crippen LogP contribution in [0, 0.1) is 33.1 Å². The summed E-state index contributed by atoms with van der Waals surface area (Å²) in [5, 5.41) is 30.8. The zero-order valence-corrected chi connectivity index (χ0v) is 44.5. The Morgan fingerprint density at radius 1 is 0.945 bits per heavy atom. The lowest BCUT2D eigenvalue weighted by Crippen LogP contribution is -2.57. The van der Waals surface area contributed by atoms with Gasteiger partial charge in [0.05, 0.1) is 46.9 Å². The van der Waals surface area contributed by atoms with Gasteiger partial charge in [0.15, 0.2) is 11.6 Å². The molecule has 1 unspecified atom stereocenters. The van der Waals surface area contributed by atoms with Crippen molar-refractivity contribution in [3.05, 3.63) is 134 Å². The maximum absolute atomic E-state index is 14.4. The minimum atomic E-state index is -1.08. The number of halogens is 1. The number of thiophene rings is 1. The van der Waals surface area contributed by atoms with Crippen LogP contribution in [0.5, 0.6) is 5.75 Å². The molecule has 2 aliphatic heterocycles. The van der Waals surface area contributed by atoms with Crippen molar-refractivity contribution in [1.82, 2.24) is 40.6 Å². The van der Waals surface area contributed by atoms with Gasteiger partial charge in [-0.25, -0.2) is 4.98 Å². The van der Waals surface area contributed by atoms with E-state index in [4.69, 9.17) is 25.7 Å². The highest BCUT2D eigenvalue weighted by atomic mass is 35.5. The molecule has 16 nitrogen and oxygen atoms in total. The first-order chi connectivity index (χ1) is 34.7.